The molecule has 0 spiro atoms. The minimum Gasteiger partial charge on any atom is -0.354 e. The fourth-order valence-corrected chi connectivity index (χ4v) is 6.07. The van der Waals surface area contributed by atoms with Gasteiger partial charge < -0.3 is 10.2 Å². The summed E-state index contributed by atoms with van der Waals surface area (Å²) >= 11 is 0. The number of hydrogen-bond donors (Lipinski definition) is 1. The first-order valence-corrected chi connectivity index (χ1v) is 15.3. The summed E-state index contributed by atoms with van der Waals surface area (Å²) in [5, 5.41) is 2.92. The maximum Gasteiger partial charge on any atom is 0.264 e. The van der Waals surface area contributed by atoms with Crippen LogP contribution < -0.4 is 9.62 Å². The van der Waals surface area contributed by atoms with Gasteiger partial charge in [0, 0.05) is 13.1 Å². The van der Waals surface area contributed by atoms with Crippen LogP contribution in [0.2, 0.25) is 0 Å². The maximum atomic E-state index is 14.1. The predicted octanol–water partition coefficient (Wildman–Crippen LogP) is 5.18. The van der Waals surface area contributed by atoms with Crippen LogP contribution >= 0.6 is 0 Å². The maximum absolute atomic E-state index is 14.1. The third-order valence-electron chi connectivity index (χ3n) is 6.94. The van der Waals surface area contributed by atoms with Crippen molar-refractivity contribution in [1.29, 1.82) is 0 Å². The van der Waals surface area contributed by atoms with Crippen LogP contribution in [0.4, 0.5) is 5.69 Å². The van der Waals surface area contributed by atoms with E-state index in [0.29, 0.717) is 25.1 Å². The van der Waals surface area contributed by atoms with Gasteiger partial charge in [0.1, 0.15) is 12.6 Å². The number of nitrogens with one attached hydrogen (secondary N) is 1. The van der Waals surface area contributed by atoms with Gasteiger partial charge in [-0.2, -0.15) is 0 Å². The molecular formula is C32H41N3O4S. The highest BCUT2D eigenvalue weighted by atomic mass is 32.2. The first kappa shape index (κ1) is 30.9. The van der Waals surface area contributed by atoms with Crippen LogP contribution in [0.5, 0.6) is 0 Å². The van der Waals surface area contributed by atoms with Crippen LogP contribution in [-0.4, -0.2) is 50.8 Å². The Labute approximate surface area is 239 Å². The van der Waals surface area contributed by atoms with E-state index >= 15 is 0 Å². The molecule has 0 aliphatic rings. The molecule has 0 radical (unpaired) electrons. The van der Waals surface area contributed by atoms with Gasteiger partial charge in [-0.15, -0.1) is 0 Å². The average molecular weight is 564 g/mol. The summed E-state index contributed by atoms with van der Waals surface area (Å²) in [6, 6.07) is 21.2. The quantitative estimate of drug-likeness (QED) is 0.310. The fraction of sp³-hybridized carbons (Fsp3) is 0.375. The van der Waals surface area contributed by atoms with E-state index in [1.165, 1.54) is 4.31 Å². The second-order valence-electron chi connectivity index (χ2n) is 10.2. The Hall–Kier alpha value is -3.65. The minimum atomic E-state index is -4.09. The Balaban J connectivity index is 2.04. The normalized spacial score (nSPS) is 12.0. The number of amides is 2. The summed E-state index contributed by atoms with van der Waals surface area (Å²) in [4.78, 5) is 28.9. The molecule has 0 saturated carbocycles. The van der Waals surface area contributed by atoms with Gasteiger partial charge in [0.05, 0.1) is 10.6 Å². The van der Waals surface area contributed by atoms with Crippen molar-refractivity contribution in [2.45, 2.75) is 64.8 Å². The standard InChI is InChI=1S/C32H41N3O4S/c1-6-20-33-32(37)29(7-2)34(21-19-27-11-9-8-10-12-27)31(36)23-35(30-22-25(4)13-16-26(30)5)40(38,39)28-17-14-24(3)15-18-28/h8-18,22,29H,6-7,19-21,23H2,1-5H3,(H,33,37). The molecule has 3 aromatic rings. The molecule has 0 aromatic heterocycles. The zero-order chi connectivity index (χ0) is 29.3. The van der Waals surface area contributed by atoms with Gasteiger partial charge in [0.2, 0.25) is 11.8 Å². The van der Waals surface area contributed by atoms with Crippen molar-refractivity contribution in [3.8, 4) is 0 Å². The van der Waals surface area contributed by atoms with Crippen molar-refractivity contribution >= 4 is 27.5 Å². The molecule has 0 saturated heterocycles. The van der Waals surface area contributed by atoms with E-state index in [9.17, 15) is 18.0 Å². The van der Waals surface area contributed by atoms with Crippen LogP contribution in [0.3, 0.4) is 0 Å². The van der Waals surface area contributed by atoms with Gasteiger partial charge in [-0.25, -0.2) is 8.42 Å². The Kier molecular flexibility index (Phi) is 10.9. The molecule has 7 nitrogen and oxygen atoms in total. The first-order valence-electron chi connectivity index (χ1n) is 13.9. The van der Waals surface area contributed by atoms with E-state index < -0.39 is 28.5 Å². The second kappa shape index (κ2) is 14.1. The van der Waals surface area contributed by atoms with Crippen molar-refractivity contribution in [3.05, 3.63) is 95.1 Å². The number of nitrogens with zero attached hydrogens (tertiary/aromatic N) is 2. The van der Waals surface area contributed by atoms with Crippen LogP contribution in [0.25, 0.3) is 0 Å². The van der Waals surface area contributed by atoms with Crippen LogP contribution in [-0.2, 0) is 26.0 Å². The van der Waals surface area contributed by atoms with Crippen molar-refractivity contribution < 1.29 is 18.0 Å². The Morgan fingerprint density at radius 2 is 1.52 bits per heavy atom. The summed E-state index contributed by atoms with van der Waals surface area (Å²) in [6.45, 7) is 9.81. The van der Waals surface area contributed by atoms with Gasteiger partial charge in [-0.05, 0) is 74.9 Å². The molecule has 0 heterocycles. The average Bonchev–Trinajstić information content (AvgIpc) is 2.94. The number of hydrogen-bond acceptors (Lipinski definition) is 4. The number of benzene rings is 3. The molecule has 0 bridgehead atoms. The third-order valence-corrected chi connectivity index (χ3v) is 8.71. The topological polar surface area (TPSA) is 86.8 Å². The summed E-state index contributed by atoms with van der Waals surface area (Å²) in [5.41, 5.74) is 4.02. The SMILES string of the molecule is CCCNC(=O)C(CC)N(CCc1ccccc1)C(=O)CN(c1cc(C)ccc1C)S(=O)(=O)c1ccc(C)cc1. The minimum absolute atomic E-state index is 0.107. The van der Waals surface area contributed by atoms with Gasteiger partial charge in [-0.3, -0.25) is 13.9 Å². The number of carbonyl (C=O) groups is 2. The van der Waals surface area contributed by atoms with E-state index in [1.807, 2.05) is 77.1 Å². The molecule has 2 amide bonds. The molecule has 1 N–H and O–H groups in total. The molecule has 3 aromatic carbocycles. The molecule has 1 unspecified atom stereocenters. The Morgan fingerprint density at radius 3 is 2.15 bits per heavy atom. The van der Waals surface area contributed by atoms with E-state index in [-0.39, 0.29) is 17.3 Å². The number of sulfonamides is 1. The fourth-order valence-electron chi connectivity index (χ4n) is 4.60. The van der Waals surface area contributed by atoms with Crippen molar-refractivity contribution in [2.75, 3.05) is 23.9 Å². The van der Waals surface area contributed by atoms with Crippen LogP contribution in [0, 0.1) is 20.8 Å². The monoisotopic (exact) mass is 563 g/mol. The molecule has 214 valence electrons. The highest BCUT2D eigenvalue weighted by Crippen LogP contribution is 2.28. The number of aryl methyl sites for hydroxylation is 3. The van der Waals surface area contributed by atoms with Gasteiger partial charge >= 0.3 is 0 Å². The molecular weight excluding hydrogens is 522 g/mol. The Bertz CT molecular complexity index is 1390. The lowest BCUT2D eigenvalue weighted by molar-refractivity contribution is -0.139. The smallest absolute Gasteiger partial charge is 0.264 e. The van der Waals surface area contributed by atoms with E-state index in [2.05, 4.69) is 5.32 Å². The number of carbonyl (C=O) groups excluding carboxylic acids is 2. The Morgan fingerprint density at radius 1 is 0.875 bits per heavy atom. The summed E-state index contributed by atoms with van der Waals surface area (Å²) in [7, 11) is -4.09. The largest absolute Gasteiger partial charge is 0.354 e. The first-order chi connectivity index (χ1) is 19.1. The highest BCUT2D eigenvalue weighted by molar-refractivity contribution is 7.92. The van der Waals surface area contributed by atoms with Gasteiger partial charge in [-0.1, -0.05) is 74.0 Å². The zero-order valence-corrected chi connectivity index (χ0v) is 25.0. The molecule has 0 aliphatic heterocycles. The molecule has 1 atom stereocenters. The van der Waals surface area contributed by atoms with Crippen molar-refractivity contribution in [2.24, 2.45) is 0 Å². The van der Waals surface area contributed by atoms with Gasteiger partial charge in [0.25, 0.3) is 10.0 Å². The van der Waals surface area contributed by atoms with E-state index in [4.69, 9.17) is 0 Å². The lowest BCUT2D eigenvalue weighted by Gasteiger charge is -2.33. The lowest BCUT2D eigenvalue weighted by Crippen LogP contribution is -2.53. The van der Waals surface area contributed by atoms with E-state index in [0.717, 1.165) is 28.7 Å². The highest BCUT2D eigenvalue weighted by Gasteiger charge is 2.34. The zero-order valence-electron chi connectivity index (χ0n) is 24.2. The summed E-state index contributed by atoms with van der Waals surface area (Å²) in [5.74, 6) is -0.656. The van der Waals surface area contributed by atoms with Crippen LogP contribution in [0.1, 0.15) is 48.9 Å². The van der Waals surface area contributed by atoms with Crippen molar-refractivity contribution in [3.63, 3.8) is 0 Å². The van der Waals surface area contributed by atoms with Crippen molar-refractivity contribution in [1.82, 2.24) is 10.2 Å². The molecule has 0 fully saturated rings. The van der Waals surface area contributed by atoms with Crippen LogP contribution in [0.15, 0.2) is 77.7 Å². The summed E-state index contributed by atoms with van der Waals surface area (Å²) < 4.78 is 29.3. The lowest BCUT2D eigenvalue weighted by atomic mass is 10.1. The molecule has 40 heavy (non-hydrogen) atoms. The number of anilines is 1. The van der Waals surface area contributed by atoms with E-state index in [1.54, 1.807) is 35.2 Å². The molecule has 3 rings (SSSR count). The molecule has 0 aliphatic carbocycles. The van der Waals surface area contributed by atoms with Gasteiger partial charge in [0.15, 0.2) is 0 Å². The predicted molar refractivity (Wildman–Crippen MR) is 161 cm³/mol. The second-order valence-corrected chi connectivity index (χ2v) is 12.0. The third kappa shape index (κ3) is 7.72. The summed E-state index contributed by atoms with van der Waals surface area (Å²) in [6.07, 6.45) is 1.72. The molecule has 8 heteroatoms. The number of rotatable bonds is 13.